The third-order valence-electron chi connectivity index (χ3n) is 4.10. The second-order valence-electron chi connectivity index (χ2n) is 5.93. The quantitative estimate of drug-likeness (QED) is 0.804. The Morgan fingerprint density at radius 1 is 1.17 bits per heavy atom. The van der Waals surface area contributed by atoms with Gasteiger partial charge in [0.2, 0.25) is 5.91 Å². The van der Waals surface area contributed by atoms with Crippen molar-refractivity contribution in [2.45, 2.75) is 13.5 Å². The molecule has 23 heavy (non-hydrogen) atoms. The SMILES string of the molecule is Cc1cccc(C=CC(=O)N2CCN(Cc3cccs3)CC2)c1. The summed E-state index contributed by atoms with van der Waals surface area (Å²) in [6.07, 6.45) is 3.61. The molecule has 1 aliphatic rings. The van der Waals surface area contributed by atoms with Crippen LogP contribution in [0.25, 0.3) is 6.08 Å². The van der Waals surface area contributed by atoms with Crippen LogP contribution in [-0.4, -0.2) is 41.9 Å². The summed E-state index contributed by atoms with van der Waals surface area (Å²) >= 11 is 1.80. The lowest BCUT2D eigenvalue weighted by molar-refractivity contribution is -0.127. The summed E-state index contributed by atoms with van der Waals surface area (Å²) in [4.78, 5) is 18.1. The van der Waals surface area contributed by atoms with Crippen LogP contribution in [0.5, 0.6) is 0 Å². The van der Waals surface area contributed by atoms with Gasteiger partial charge in [-0.2, -0.15) is 0 Å². The maximum Gasteiger partial charge on any atom is 0.246 e. The van der Waals surface area contributed by atoms with Crippen LogP contribution in [0.4, 0.5) is 0 Å². The Morgan fingerprint density at radius 3 is 2.70 bits per heavy atom. The Kier molecular flexibility index (Phi) is 5.26. The number of hydrogen-bond donors (Lipinski definition) is 0. The summed E-state index contributed by atoms with van der Waals surface area (Å²) in [6, 6.07) is 12.5. The van der Waals surface area contributed by atoms with Crippen LogP contribution in [0.2, 0.25) is 0 Å². The van der Waals surface area contributed by atoms with E-state index < -0.39 is 0 Å². The highest BCUT2D eigenvalue weighted by Gasteiger charge is 2.19. The minimum Gasteiger partial charge on any atom is -0.337 e. The fourth-order valence-electron chi connectivity index (χ4n) is 2.80. The first-order valence-electron chi connectivity index (χ1n) is 7.99. The number of thiophene rings is 1. The van der Waals surface area contributed by atoms with E-state index >= 15 is 0 Å². The van der Waals surface area contributed by atoms with Crippen LogP contribution < -0.4 is 0 Å². The molecule has 0 N–H and O–H groups in total. The van der Waals surface area contributed by atoms with E-state index in [2.05, 4.69) is 41.5 Å². The van der Waals surface area contributed by atoms with Crippen LogP contribution in [0.15, 0.2) is 47.9 Å². The van der Waals surface area contributed by atoms with Gasteiger partial charge in [-0.15, -0.1) is 11.3 Å². The van der Waals surface area contributed by atoms with Gasteiger partial charge in [0.25, 0.3) is 0 Å². The average Bonchev–Trinajstić information content (AvgIpc) is 3.06. The Morgan fingerprint density at radius 2 is 2.00 bits per heavy atom. The van der Waals surface area contributed by atoms with Gasteiger partial charge in [-0.25, -0.2) is 0 Å². The molecule has 3 rings (SSSR count). The molecule has 0 unspecified atom stereocenters. The molecule has 120 valence electrons. The van der Waals surface area contributed by atoms with Crippen LogP contribution >= 0.6 is 11.3 Å². The molecule has 1 saturated heterocycles. The van der Waals surface area contributed by atoms with Crippen LogP contribution in [0.1, 0.15) is 16.0 Å². The van der Waals surface area contributed by atoms with Gasteiger partial charge in [-0.3, -0.25) is 9.69 Å². The second kappa shape index (κ2) is 7.57. The maximum atomic E-state index is 12.3. The number of piperazine rings is 1. The van der Waals surface area contributed by atoms with E-state index in [0.717, 1.165) is 38.3 Å². The molecule has 0 spiro atoms. The van der Waals surface area contributed by atoms with E-state index in [1.165, 1.54) is 10.4 Å². The van der Waals surface area contributed by atoms with E-state index in [0.29, 0.717) is 0 Å². The molecule has 1 aromatic heterocycles. The first-order chi connectivity index (χ1) is 11.2. The molecule has 0 aliphatic carbocycles. The number of carbonyl (C=O) groups is 1. The van der Waals surface area contributed by atoms with E-state index in [1.54, 1.807) is 17.4 Å². The van der Waals surface area contributed by atoms with Crippen molar-refractivity contribution in [2.24, 2.45) is 0 Å². The van der Waals surface area contributed by atoms with Crippen molar-refractivity contribution < 1.29 is 4.79 Å². The lowest BCUT2D eigenvalue weighted by Gasteiger charge is -2.33. The predicted molar refractivity (Wildman–Crippen MR) is 96.4 cm³/mol. The van der Waals surface area contributed by atoms with E-state index in [-0.39, 0.29) is 5.91 Å². The normalized spacial score (nSPS) is 16.1. The molecule has 0 radical (unpaired) electrons. The molecule has 1 aromatic carbocycles. The van der Waals surface area contributed by atoms with Crippen molar-refractivity contribution in [1.29, 1.82) is 0 Å². The summed E-state index contributed by atoms with van der Waals surface area (Å²) < 4.78 is 0. The summed E-state index contributed by atoms with van der Waals surface area (Å²) in [5.74, 6) is 0.113. The van der Waals surface area contributed by atoms with E-state index in [1.807, 2.05) is 23.1 Å². The third kappa shape index (κ3) is 4.53. The second-order valence-corrected chi connectivity index (χ2v) is 6.96. The zero-order valence-corrected chi connectivity index (χ0v) is 14.3. The molecule has 1 fully saturated rings. The van der Waals surface area contributed by atoms with Gasteiger partial charge < -0.3 is 4.90 Å². The molecule has 0 atom stereocenters. The molecular weight excluding hydrogens is 304 g/mol. The summed E-state index contributed by atoms with van der Waals surface area (Å²) in [5, 5.41) is 2.12. The monoisotopic (exact) mass is 326 g/mol. The number of carbonyl (C=O) groups excluding carboxylic acids is 1. The maximum absolute atomic E-state index is 12.3. The fraction of sp³-hybridized carbons (Fsp3) is 0.316. The topological polar surface area (TPSA) is 23.6 Å². The van der Waals surface area contributed by atoms with Crippen LogP contribution in [0, 0.1) is 6.92 Å². The molecule has 1 amide bonds. The van der Waals surface area contributed by atoms with Gasteiger partial charge in [0, 0.05) is 43.7 Å². The van der Waals surface area contributed by atoms with Gasteiger partial charge >= 0.3 is 0 Å². The summed E-state index contributed by atoms with van der Waals surface area (Å²) in [7, 11) is 0. The lowest BCUT2D eigenvalue weighted by atomic mass is 10.1. The van der Waals surface area contributed by atoms with Gasteiger partial charge in [-0.1, -0.05) is 35.9 Å². The number of amides is 1. The molecule has 0 saturated carbocycles. The standard InChI is InChI=1S/C19H22N2OS/c1-16-4-2-5-17(14-16)7-8-19(22)21-11-9-20(10-12-21)15-18-6-3-13-23-18/h2-8,13-14H,9-12,15H2,1H3. The lowest BCUT2D eigenvalue weighted by Crippen LogP contribution is -2.47. The number of benzene rings is 1. The van der Waals surface area contributed by atoms with Gasteiger partial charge in [0.05, 0.1) is 0 Å². The van der Waals surface area contributed by atoms with E-state index in [4.69, 9.17) is 0 Å². The number of nitrogens with zero attached hydrogens (tertiary/aromatic N) is 2. The average molecular weight is 326 g/mol. The van der Waals surface area contributed by atoms with Crippen LogP contribution in [0.3, 0.4) is 0 Å². The van der Waals surface area contributed by atoms with Crippen LogP contribution in [-0.2, 0) is 11.3 Å². The minimum absolute atomic E-state index is 0.113. The van der Waals surface area contributed by atoms with Gasteiger partial charge in [0.1, 0.15) is 0 Å². The van der Waals surface area contributed by atoms with Gasteiger partial charge in [0.15, 0.2) is 0 Å². The Balaban J connectivity index is 1.50. The zero-order chi connectivity index (χ0) is 16.1. The Labute approximate surface area is 141 Å². The first kappa shape index (κ1) is 16.0. The number of hydrogen-bond acceptors (Lipinski definition) is 3. The molecule has 4 heteroatoms. The van der Waals surface area contributed by atoms with Crippen molar-refractivity contribution in [3.05, 3.63) is 63.9 Å². The molecule has 3 nitrogen and oxygen atoms in total. The predicted octanol–water partition coefficient (Wildman–Crippen LogP) is 3.41. The minimum atomic E-state index is 0.113. The summed E-state index contributed by atoms with van der Waals surface area (Å²) in [5.41, 5.74) is 2.29. The van der Waals surface area contributed by atoms with Gasteiger partial charge in [-0.05, 0) is 30.0 Å². The zero-order valence-electron chi connectivity index (χ0n) is 13.4. The number of aryl methyl sites for hydroxylation is 1. The highest BCUT2D eigenvalue weighted by molar-refractivity contribution is 7.09. The van der Waals surface area contributed by atoms with Crippen molar-refractivity contribution in [2.75, 3.05) is 26.2 Å². The highest BCUT2D eigenvalue weighted by atomic mass is 32.1. The summed E-state index contributed by atoms with van der Waals surface area (Å²) in [6.45, 7) is 6.57. The van der Waals surface area contributed by atoms with E-state index in [9.17, 15) is 4.79 Å². The Hall–Kier alpha value is -1.91. The first-order valence-corrected chi connectivity index (χ1v) is 8.87. The Bertz CT molecular complexity index is 670. The molecule has 0 bridgehead atoms. The molecule has 2 heterocycles. The molecule has 2 aromatic rings. The van der Waals surface area contributed by atoms with Crippen molar-refractivity contribution in [3.63, 3.8) is 0 Å². The smallest absolute Gasteiger partial charge is 0.246 e. The highest BCUT2D eigenvalue weighted by Crippen LogP contribution is 2.14. The molecular formula is C19H22N2OS. The van der Waals surface area contributed by atoms with Crippen molar-refractivity contribution >= 4 is 23.3 Å². The van der Waals surface area contributed by atoms with Crippen molar-refractivity contribution in [3.8, 4) is 0 Å². The van der Waals surface area contributed by atoms with Crippen molar-refractivity contribution in [1.82, 2.24) is 9.80 Å². The number of rotatable bonds is 4. The molecule has 1 aliphatic heterocycles. The fourth-order valence-corrected chi connectivity index (χ4v) is 3.54. The largest absolute Gasteiger partial charge is 0.337 e. The third-order valence-corrected chi connectivity index (χ3v) is 4.97.